The molecule has 0 aliphatic carbocycles. The lowest BCUT2D eigenvalue weighted by atomic mass is 10.1. The first-order chi connectivity index (χ1) is 11.5. The van der Waals surface area contributed by atoms with Gasteiger partial charge in [-0.1, -0.05) is 6.07 Å². The molecule has 2 amide bonds. The number of ether oxygens (including phenoxy) is 2. The van der Waals surface area contributed by atoms with Gasteiger partial charge in [-0.25, -0.2) is 4.79 Å². The summed E-state index contributed by atoms with van der Waals surface area (Å²) >= 11 is 0. The van der Waals surface area contributed by atoms with Crippen LogP contribution in [0.25, 0.3) is 0 Å². The molecule has 1 unspecified atom stereocenters. The van der Waals surface area contributed by atoms with E-state index in [1.807, 2.05) is 17.9 Å². The van der Waals surface area contributed by atoms with Crippen molar-refractivity contribution in [3.05, 3.63) is 29.3 Å². The maximum atomic E-state index is 12.4. The van der Waals surface area contributed by atoms with E-state index in [4.69, 9.17) is 9.47 Å². The van der Waals surface area contributed by atoms with E-state index in [1.165, 1.54) is 5.56 Å². The third kappa shape index (κ3) is 3.82. The molecule has 1 aromatic rings. The van der Waals surface area contributed by atoms with Gasteiger partial charge in [0.15, 0.2) is 0 Å². The molecule has 0 saturated carbocycles. The number of carbonyl (C=O) groups is 1. The lowest BCUT2D eigenvalue weighted by Crippen LogP contribution is -2.45. The van der Waals surface area contributed by atoms with E-state index < -0.39 is 0 Å². The van der Waals surface area contributed by atoms with Crippen LogP contribution >= 0.6 is 0 Å². The van der Waals surface area contributed by atoms with Gasteiger partial charge in [-0.2, -0.15) is 0 Å². The molecule has 2 heterocycles. The topological polar surface area (TPSA) is 45.3 Å². The lowest BCUT2D eigenvalue weighted by Gasteiger charge is -2.29. The van der Waals surface area contributed by atoms with E-state index in [0.29, 0.717) is 13.2 Å². The first-order valence-electron chi connectivity index (χ1n) is 8.57. The van der Waals surface area contributed by atoms with Crippen molar-refractivity contribution in [2.45, 2.75) is 26.1 Å². The minimum Gasteiger partial charge on any atom is -0.491 e. The second-order valence-corrected chi connectivity index (χ2v) is 6.80. The van der Waals surface area contributed by atoms with Crippen LogP contribution in [0.15, 0.2) is 18.2 Å². The van der Waals surface area contributed by atoms with Crippen molar-refractivity contribution in [3.63, 3.8) is 0 Å². The van der Waals surface area contributed by atoms with Crippen LogP contribution < -0.4 is 4.74 Å². The van der Waals surface area contributed by atoms with Crippen LogP contribution in [0.5, 0.6) is 5.75 Å². The van der Waals surface area contributed by atoms with Gasteiger partial charge in [0, 0.05) is 39.3 Å². The SMILES string of the molecule is CC1COc2ccc(CN3CCOCC3)cc2CN1C(=O)N(C)C. The summed E-state index contributed by atoms with van der Waals surface area (Å²) in [4.78, 5) is 18.3. The number of hydrogen-bond donors (Lipinski definition) is 0. The van der Waals surface area contributed by atoms with Crippen LogP contribution in [0, 0.1) is 0 Å². The van der Waals surface area contributed by atoms with Crippen molar-refractivity contribution in [1.29, 1.82) is 0 Å². The van der Waals surface area contributed by atoms with Gasteiger partial charge in [0.2, 0.25) is 0 Å². The Kier molecular flexibility index (Phi) is 5.26. The highest BCUT2D eigenvalue weighted by Crippen LogP contribution is 2.27. The van der Waals surface area contributed by atoms with Crippen molar-refractivity contribution < 1.29 is 14.3 Å². The largest absolute Gasteiger partial charge is 0.491 e. The molecule has 0 spiro atoms. The molecule has 1 aromatic carbocycles. The van der Waals surface area contributed by atoms with E-state index in [1.54, 1.807) is 19.0 Å². The molecule has 1 atom stereocenters. The van der Waals surface area contributed by atoms with Crippen LogP contribution in [0.2, 0.25) is 0 Å². The maximum absolute atomic E-state index is 12.4. The molecular weight excluding hydrogens is 306 g/mol. The number of carbonyl (C=O) groups excluding carboxylic acids is 1. The molecule has 3 rings (SSSR count). The molecule has 132 valence electrons. The second-order valence-electron chi connectivity index (χ2n) is 6.80. The zero-order chi connectivity index (χ0) is 17.1. The lowest BCUT2D eigenvalue weighted by molar-refractivity contribution is 0.0342. The monoisotopic (exact) mass is 333 g/mol. The van der Waals surface area contributed by atoms with Gasteiger partial charge in [0.05, 0.1) is 25.8 Å². The highest BCUT2D eigenvalue weighted by Gasteiger charge is 2.27. The fourth-order valence-electron chi connectivity index (χ4n) is 3.17. The Balaban J connectivity index is 1.77. The molecule has 6 nitrogen and oxygen atoms in total. The van der Waals surface area contributed by atoms with Gasteiger partial charge >= 0.3 is 6.03 Å². The Morgan fingerprint density at radius 3 is 2.75 bits per heavy atom. The molecule has 2 aliphatic heterocycles. The van der Waals surface area contributed by atoms with E-state index in [0.717, 1.165) is 44.2 Å². The molecule has 1 fully saturated rings. The fourth-order valence-corrected chi connectivity index (χ4v) is 3.17. The van der Waals surface area contributed by atoms with Crippen LogP contribution in [0.4, 0.5) is 4.79 Å². The summed E-state index contributed by atoms with van der Waals surface area (Å²) in [5, 5.41) is 0. The second kappa shape index (κ2) is 7.40. The van der Waals surface area contributed by atoms with Crippen LogP contribution in [-0.2, 0) is 17.8 Å². The Bertz CT molecular complexity index is 585. The number of urea groups is 1. The number of hydrogen-bond acceptors (Lipinski definition) is 4. The summed E-state index contributed by atoms with van der Waals surface area (Å²) in [6, 6.07) is 6.43. The normalized spacial score (nSPS) is 21.6. The molecule has 2 aliphatic rings. The summed E-state index contributed by atoms with van der Waals surface area (Å²) in [5.41, 5.74) is 2.34. The van der Waals surface area contributed by atoms with Crippen molar-refractivity contribution in [2.24, 2.45) is 0 Å². The van der Waals surface area contributed by atoms with Gasteiger partial charge < -0.3 is 19.3 Å². The van der Waals surface area contributed by atoms with Crippen LogP contribution in [-0.4, -0.2) is 73.8 Å². The molecule has 0 N–H and O–H groups in total. The standard InChI is InChI=1S/C18H27N3O3/c1-14-13-24-17-5-4-15(11-20-6-8-23-9-7-20)10-16(17)12-21(14)18(22)19(2)3/h4-5,10,14H,6-9,11-13H2,1-3H3. The molecule has 1 saturated heterocycles. The van der Waals surface area contributed by atoms with Gasteiger partial charge in [-0.15, -0.1) is 0 Å². The zero-order valence-corrected chi connectivity index (χ0v) is 14.8. The van der Waals surface area contributed by atoms with Gasteiger partial charge in [0.1, 0.15) is 12.4 Å². The number of morpholine rings is 1. The van der Waals surface area contributed by atoms with Crippen molar-refractivity contribution in [1.82, 2.24) is 14.7 Å². The third-order valence-corrected chi connectivity index (χ3v) is 4.62. The summed E-state index contributed by atoms with van der Waals surface area (Å²) in [6.45, 7) is 7.59. The average molecular weight is 333 g/mol. The fraction of sp³-hybridized carbons (Fsp3) is 0.611. The quantitative estimate of drug-likeness (QED) is 0.828. The average Bonchev–Trinajstić information content (AvgIpc) is 2.74. The number of fused-ring (bicyclic) bond motifs is 1. The first-order valence-corrected chi connectivity index (χ1v) is 8.57. The van der Waals surface area contributed by atoms with Gasteiger partial charge in [-0.05, 0) is 24.6 Å². The van der Waals surface area contributed by atoms with E-state index in [2.05, 4.69) is 17.0 Å². The molecule has 0 bridgehead atoms. The first kappa shape index (κ1) is 17.0. The van der Waals surface area contributed by atoms with Crippen molar-refractivity contribution in [2.75, 3.05) is 47.0 Å². The minimum atomic E-state index is 0.0255. The molecule has 24 heavy (non-hydrogen) atoms. The highest BCUT2D eigenvalue weighted by atomic mass is 16.5. The zero-order valence-electron chi connectivity index (χ0n) is 14.8. The Labute approximate surface area is 143 Å². The Morgan fingerprint density at radius 2 is 2.04 bits per heavy atom. The van der Waals surface area contributed by atoms with E-state index >= 15 is 0 Å². The number of benzene rings is 1. The summed E-state index contributed by atoms with van der Waals surface area (Å²) in [6.07, 6.45) is 0. The summed E-state index contributed by atoms with van der Waals surface area (Å²) in [7, 11) is 3.58. The predicted octanol–water partition coefficient (Wildman–Crippen LogP) is 1.78. The molecular formula is C18H27N3O3. The Hall–Kier alpha value is -1.79. The van der Waals surface area contributed by atoms with Crippen molar-refractivity contribution >= 4 is 6.03 Å². The third-order valence-electron chi connectivity index (χ3n) is 4.62. The summed E-state index contributed by atoms with van der Waals surface area (Å²) in [5.74, 6) is 0.890. The number of nitrogens with zero attached hydrogens (tertiary/aromatic N) is 3. The molecule has 6 heteroatoms. The van der Waals surface area contributed by atoms with Gasteiger partial charge in [-0.3, -0.25) is 4.90 Å². The van der Waals surface area contributed by atoms with E-state index in [9.17, 15) is 4.79 Å². The highest BCUT2D eigenvalue weighted by molar-refractivity contribution is 5.74. The van der Waals surface area contributed by atoms with Crippen LogP contribution in [0.3, 0.4) is 0 Å². The summed E-state index contributed by atoms with van der Waals surface area (Å²) < 4.78 is 11.3. The maximum Gasteiger partial charge on any atom is 0.320 e. The predicted molar refractivity (Wildman–Crippen MR) is 92.1 cm³/mol. The van der Waals surface area contributed by atoms with E-state index in [-0.39, 0.29) is 12.1 Å². The smallest absolute Gasteiger partial charge is 0.320 e. The molecule has 0 radical (unpaired) electrons. The minimum absolute atomic E-state index is 0.0255. The van der Waals surface area contributed by atoms with Crippen molar-refractivity contribution in [3.8, 4) is 5.75 Å². The number of rotatable bonds is 2. The molecule has 0 aromatic heterocycles. The Morgan fingerprint density at radius 1 is 1.29 bits per heavy atom. The number of amides is 2. The van der Waals surface area contributed by atoms with Crippen LogP contribution in [0.1, 0.15) is 18.1 Å². The van der Waals surface area contributed by atoms with Gasteiger partial charge in [0.25, 0.3) is 0 Å².